The van der Waals surface area contributed by atoms with Crippen molar-refractivity contribution in [1.82, 2.24) is 5.06 Å². The van der Waals surface area contributed by atoms with Crippen LogP contribution in [-0.4, -0.2) is 29.0 Å². The molecule has 0 aliphatic carbocycles. The second-order valence-corrected chi connectivity index (χ2v) is 6.32. The van der Waals surface area contributed by atoms with Gasteiger partial charge < -0.3 is 10.5 Å². The Kier molecular flexibility index (Phi) is 6.26. The van der Waals surface area contributed by atoms with Crippen LogP contribution in [0.1, 0.15) is 39.7 Å². The molecule has 0 aromatic heterocycles. The molecule has 0 saturated heterocycles. The summed E-state index contributed by atoms with van der Waals surface area (Å²) in [5.41, 5.74) is 5.95. The van der Waals surface area contributed by atoms with E-state index in [9.17, 15) is 10.0 Å². The normalized spacial score (nSPS) is 12.0. The van der Waals surface area contributed by atoms with E-state index < -0.39 is 12.1 Å². The number of urea groups is 1. The number of benzene rings is 1. The summed E-state index contributed by atoms with van der Waals surface area (Å²) < 4.78 is 5.71. The molecule has 0 radical (unpaired) electrons. The van der Waals surface area contributed by atoms with Crippen LogP contribution in [0.3, 0.4) is 0 Å². The highest BCUT2D eigenvalue weighted by Crippen LogP contribution is 2.20. The molecule has 1 aromatic rings. The fraction of sp³-hybridized carbons (Fsp3) is 0.471. The molecular formula is C17H24N2O3. The van der Waals surface area contributed by atoms with Crippen molar-refractivity contribution in [2.45, 2.75) is 40.2 Å². The van der Waals surface area contributed by atoms with Gasteiger partial charge in [-0.05, 0) is 37.0 Å². The Labute approximate surface area is 132 Å². The number of hydrogen-bond donors (Lipinski definition) is 2. The average molecular weight is 304 g/mol. The maximum atomic E-state index is 10.8. The number of carbonyl (C=O) groups excluding carboxylic acids is 1. The third kappa shape index (κ3) is 6.51. The van der Waals surface area contributed by atoms with Crippen LogP contribution < -0.4 is 10.5 Å². The van der Waals surface area contributed by atoms with Crippen LogP contribution in [0.25, 0.3) is 0 Å². The number of nitrogens with zero attached hydrogens (tertiary/aromatic N) is 1. The maximum Gasteiger partial charge on any atom is 0.339 e. The third-order valence-corrected chi connectivity index (χ3v) is 2.97. The molecule has 0 fully saturated rings. The van der Waals surface area contributed by atoms with Gasteiger partial charge in [-0.1, -0.05) is 38.7 Å². The van der Waals surface area contributed by atoms with Crippen molar-refractivity contribution in [2.75, 3.05) is 6.61 Å². The highest BCUT2D eigenvalue weighted by molar-refractivity contribution is 5.71. The minimum Gasteiger partial charge on any atom is -0.494 e. The summed E-state index contributed by atoms with van der Waals surface area (Å²) >= 11 is 0. The zero-order valence-corrected chi connectivity index (χ0v) is 13.6. The predicted octanol–water partition coefficient (Wildman–Crippen LogP) is 3.01. The summed E-state index contributed by atoms with van der Waals surface area (Å²) in [7, 11) is 0. The zero-order valence-electron chi connectivity index (χ0n) is 13.6. The van der Waals surface area contributed by atoms with Crippen LogP contribution in [0.2, 0.25) is 0 Å². The number of carbonyl (C=O) groups is 1. The molecule has 3 N–H and O–H groups in total. The van der Waals surface area contributed by atoms with E-state index in [1.165, 1.54) is 0 Å². The predicted molar refractivity (Wildman–Crippen MR) is 85.6 cm³/mol. The largest absolute Gasteiger partial charge is 0.494 e. The molecule has 0 spiro atoms. The van der Waals surface area contributed by atoms with E-state index in [1.54, 1.807) is 6.92 Å². The van der Waals surface area contributed by atoms with Crippen molar-refractivity contribution in [1.29, 1.82) is 0 Å². The lowest BCUT2D eigenvalue weighted by Crippen LogP contribution is -2.38. The molecule has 2 amide bonds. The summed E-state index contributed by atoms with van der Waals surface area (Å²) in [6, 6.07) is 5.78. The van der Waals surface area contributed by atoms with Gasteiger partial charge >= 0.3 is 6.03 Å². The Balaban J connectivity index is 2.67. The Morgan fingerprint density at radius 2 is 2.14 bits per heavy atom. The first-order valence-corrected chi connectivity index (χ1v) is 7.21. The lowest BCUT2D eigenvalue weighted by molar-refractivity contribution is -0.0536. The van der Waals surface area contributed by atoms with Gasteiger partial charge in [-0.2, -0.15) is 5.06 Å². The van der Waals surface area contributed by atoms with Crippen molar-refractivity contribution >= 4 is 6.03 Å². The number of rotatable bonds is 4. The fourth-order valence-corrected chi connectivity index (χ4v) is 1.58. The van der Waals surface area contributed by atoms with Gasteiger partial charge in [0.15, 0.2) is 0 Å². The van der Waals surface area contributed by atoms with Gasteiger partial charge in [-0.25, -0.2) is 4.79 Å². The summed E-state index contributed by atoms with van der Waals surface area (Å²) in [6.45, 7) is 8.72. The second-order valence-electron chi connectivity index (χ2n) is 6.32. The van der Waals surface area contributed by atoms with Gasteiger partial charge in [-0.15, -0.1) is 0 Å². The van der Waals surface area contributed by atoms with E-state index in [4.69, 9.17) is 10.5 Å². The molecule has 1 rings (SSSR count). The number of ether oxygens (including phenoxy) is 1. The van der Waals surface area contributed by atoms with Gasteiger partial charge in [0.25, 0.3) is 0 Å². The molecule has 1 aromatic carbocycles. The Morgan fingerprint density at radius 1 is 1.45 bits per heavy atom. The van der Waals surface area contributed by atoms with Gasteiger partial charge in [0, 0.05) is 5.56 Å². The Bertz CT molecular complexity index is 567. The van der Waals surface area contributed by atoms with E-state index in [1.807, 2.05) is 24.3 Å². The summed E-state index contributed by atoms with van der Waals surface area (Å²) in [6.07, 6.45) is 0.956. The molecule has 0 heterocycles. The van der Waals surface area contributed by atoms with Crippen molar-refractivity contribution in [3.63, 3.8) is 0 Å². The van der Waals surface area contributed by atoms with Crippen LogP contribution in [0.15, 0.2) is 24.3 Å². The summed E-state index contributed by atoms with van der Waals surface area (Å²) in [4.78, 5) is 10.8. The number of hydroxylamine groups is 2. The molecule has 120 valence electrons. The van der Waals surface area contributed by atoms with Gasteiger partial charge in [0.1, 0.15) is 11.8 Å². The Morgan fingerprint density at radius 3 is 2.73 bits per heavy atom. The van der Waals surface area contributed by atoms with E-state index >= 15 is 0 Å². The first-order chi connectivity index (χ1) is 10.2. The van der Waals surface area contributed by atoms with E-state index in [0.717, 1.165) is 17.7 Å². The van der Waals surface area contributed by atoms with Crippen LogP contribution in [0.4, 0.5) is 4.79 Å². The molecule has 1 unspecified atom stereocenters. The van der Waals surface area contributed by atoms with E-state index in [2.05, 4.69) is 32.6 Å². The van der Waals surface area contributed by atoms with Gasteiger partial charge in [0.2, 0.25) is 0 Å². The molecule has 0 aliphatic rings. The molecule has 1 atom stereocenters. The molecule has 5 nitrogen and oxygen atoms in total. The van der Waals surface area contributed by atoms with E-state index in [-0.39, 0.29) is 5.41 Å². The highest BCUT2D eigenvalue weighted by Gasteiger charge is 2.12. The molecule has 22 heavy (non-hydrogen) atoms. The zero-order chi connectivity index (χ0) is 16.8. The number of primary amides is 1. The first-order valence-electron chi connectivity index (χ1n) is 7.21. The maximum absolute atomic E-state index is 10.8. The standard InChI is InChI=1S/C17H24N2O3/c1-13(19(21)16(18)20)8-9-14-6-5-7-15(12-14)22-11-10-17(2,3)4/h5-7,12-13,21H,10-11H2,1-4H3,(H2,18,20). The quantitative estimate of drug-likeness (QED) is 0.510. The van der Waals surface area contributed by atoms with Crippen molar-refractivity contribution in [3.05, 3.63) is 29.8 Å². The van der Waals surface area contributed by atoms with Gasteiger partial charge in [-0.3, -0.25) is 5.21 Å². The fourth-order valence-electron chi connectivity index (χ4n) is 1.58. The first kappa shape index (κ1) is 17.9. The third-order valence-electron chi connectivity index (χ3n) is 2.97. The minimum atomic E-state index is -0.930. The van der Waals surface area contributed by atoms with Crippen molar-refractivity contribution in [3.8, 4) is 17.6 Å². The number of hydrogen-bond acceptors (Lipinski definition) is 3. The summed E-state index contributed by atoms with van der Waals surface area (Å²) in [5.74, 6) is 6.39. The molecule has 5 heteroatoms. The minimum absolute atomic E-state index is 0.228. The van der Waals surface area contributed by atoms with E-state index in [0.29, 0.717) is 11.7 Å². The van der Waals surface area contributed by atoms with Crippen molar-refractivity contribution < 1.29 is 14.7 Å². The van der Waals surface area contributed by atoms with Crippen LogP contribution >= 0.6 is 0 Å². The summed E-state index contributed by atoms with van der Waals surface area (Å²) in [5, 5.41) is 9.75. The lowest BCUT2D eigenvalue weighted by atomic mass is 9.93. The van der Waals surface area contributed by atoms with Crippen LogP contribution in [0.5, 0.6) is 5.75 Å². The van der Waals surface area contributed by atoms with Crippen molar-refractivity contribution in [2.24, 2.45) is 11.1 Å². The smallest absolute Gasteiger partial charge is 0.339 e. The molecule has 0 saturated carbocycles. The Hall–Kier alpha value is -2.19. The monoisotopic (exact) mass is 304 g/mol. The molecular weight excluding hydrogens is 280 g/mol. The molecule has 0 aliphatic heterocycles. The molecule has 0 bridgehead atoms. The van der Waals surface area contributed by atoms with Gasteiger partial charge in [0.05, 0.1) is 6.61 Å². The van der Waals surface area contributed by atoms with Crippen LogP contribution in [0, 0.1) is 17.3 Å². The topological polar surface area (TPSA) is 75.8 Å². The number of amides is 2. The lowest BCUT2D eigenvalue weighted by Gasteiger charge is -2.18. The SMILES string of the molecule is CC(C#Cc1cccc(OCCC(C)(C)C)c1)N(O)C(N)=O. The van der Waals surface area contributed by atoms with Crippen LogP contribution in [-0.2, 0) is 0 Å². The number of nitrogens with two attached hydrogens (primary N) is 1. The average Bonchev–Trinajstić information content (AvgIpc) is 2.43. The highest BCUT2D eigenvalue weighted by atomic mass is 16.5. The second kappa shape index (κ2) is 7.71.